The van der Waals surface area contributed by atoms with Crippen molar-refractivity contribution < 1.29 is 4.79 Å². The van der Waals surface area contributed by atoms with Crippen molar-refractivity contribution in [3.05, 3.63) is 29.3 Å². The first-order valence-electron chi connectivity index (χ1n) is 7.06. The Balaban J connectivity index is 2.19. The van der Waals surface area contributed by atoms with Crippen LogP contribution >= 0.6 is 0 Å². The van der Waals surface area contributed by atoms with E-state index in [1.165, 1.54) is 0 Å². The van der Waals surface area contributed by atoms with E-state index in [9.17, 15) is 4.79 Å². The predicted octanol–water partition coefficient (Wildman–Crippen LogP) is 1.45. The second-order valence-electron chi connectivity index (χ2n) is 5.67. The standard InChI is InChI=1S/C15H24N4O/c1-11-6-7-14(17-16)13(9-11)15(20)19(3)12-5-4-8-18(2)10-12/h6-7,9,12,17H,4-5,8,10,16H2,1-3H3. The lowest BCUT2D eigenvalue weighted by Crippen LogP contribution is -2.47. The molecule has 110 valence electrons. The third-order valence-electron chi connectivity index (χ3n) is 4.03. The van der Waals surface area contributed by atoms with Gasteiger partial charge >= 0.3 is 0 Å². The molecule has 0 radical (unpaired) electrons. The van der Waals surface area contributed by atoms with Gasteiger partial charge in [-0.1, -0.05) is 11.6 Å². The molecular formula is C15H24N4O. The van der Waals surface area contributed by atoms with Gasteiger partial charge in [0.1, 0.15) is 0 Å². The fourth-order valence-corrected chi connectivity index (χ4v) is 2.77. The highest BCUT2D eigenvalue weighted by atomic mass is 16.2. The van der Waals surface area contributed by atoms with E-state index in [0.717, 1.165) is 31.5 Å². The van der Waals surface area contributed by atoms with Gasteiger partial charge in [-0.15, -0.1) is 0 Å². The number of likely N-dealkylation sites (N-methyl/N-ethyl adjacent to an activating group) is 2. The summed E-state index contributed by atoms with van der Waals surface area (Å²) in [5.41, 5.74) is 4.99. The van der Waals surface area contributed by atoms with Crippen molar-refractivity contribution in [3.8, 4) is 0 Å². The molecule has 1 saturated heterocycles. The van der Waals surface area contributed by atoms with Crippen LogP contribution < -0.4 is 11.3 Å². The number of benzene rings is 1. The van der Waals surface area contributed by atoms with Crippen molar-refractivity contribution in [2.24, 2.45) is 5.84 Å². The Labute approximate surface area is 120 Å². The Kier molecular flexibility index (Phi) is 4.62. The van der Waals surface area contributed by atoms with Gasteiger partial charge in [0.2, 0.25) is 0 Å². The summed E-state index contributed by atoms with van der Waals surface area (Å²) in [5, 5.41) is 0. The first-order chi connectivity index (χ1) is 9.52. The van der Waals surface area contributed by atoms with Gasteiger partial charge in [-0.3, -0.25) is 10.6 Å². The molecule has 5 heteroatoms. The molecule has 20 heavy (non-hydrogen) atoms. The van der Waals surface area contributed by atoms with Gasteiger partial charge in [-0.05, 0) is 45.5 Å². The fourth-order valence-electron chi connectivity index (χ4n) is 2.77. The van der Waals surface area contributed by atoms with Gasteiger partial charge in [-0.25, -0.2) is 0 Å². The van der Waals surface area contributed by atoms with Crippen LogP contribution in [-0.4, -0.2) is 48.9 Å². The quantitative estimate of drug-likeness (QED) is 0.648. The Morgan fingerprint density at radius 2 is 2.25 bits per heavy atom. The number of carbonyl (C=O) groups excluding carboxylic acids is 1. The first-order valence-corrected chi connectivity index (χ1v) is 7.06. The molecular weight excluding hydrogens is 252 g/mol. The molecule has 0 aliphatic carbocycles. The smallest absolute Gasteiger partial charge is 0.256 e. The number of nitrogens with two attached hydrogens (primary N) is 1. The summed E-state index contributed by atoms with van der Waals surface area (Å²) >= 11 is 0. The number of rotatable bonds is 3. The van der Waals surface area contributed by atoms with Crippen LogP contribution in [-0.2, 0) is 0 Å². The Morgan fingerprint density at radius 1 is 1.50 bits per heavy atom. The number of likely N-dealkylation sites (tertiary alicyclic amines) is 1. The maximum Gasteiger partial charge on any atom is 0.256 e. The zero-order valence-corrected chi connectivity index (χ0v) is 12.5. The highest BCUT2D eigenvalue weighted by molar-refractivity contribution is 5.99. The van der Waals surface area contributed by atoms with Crippen molar-refractivity contribution in [3.63, 3.8) is 0 Å². The Bertz CT molecular complexity index is 489. The number of nitrogens with one attached hydrogen (secondary N) is 1. The monoisotopic (exact) mass is 276 g/mol. The highest BCUT2D eigenvalue weighted by Gasteiger charge is 2.26. The number of hydrazine groups is 1. The van der Waals surface area contributed by atoms with E-state index in [2.05, 4.69) is 17.4 Å². The van der Waals surface area contributed by atoms with Crippen LogP contribution in [0, 0.1) is 6.92 Å². The van der Waals surface area contributed by atoms with Crippen molar-refractivity contribution in [2.45, 2.75) is 25.8 Å². The average molecular weight is 276 g/mol. The van der Waals surface area contributed by atoms with Crippen LogP contribution in [0.15, 0.2) is 18.2 Å². The van der Waals surface area contributed by atoms with Gasteiger partial charge in [-0.2, -0.15) is 0 Å². The fraction of sp³-hybridized carbons (Fsp3) is 0.533. The predicted molar refractivity (Wildman–Crippen MR) is 81.6 cm³/mol. The van der Waals surface area contributed by atoms with Crippen LogP contribution in [0.3, 0.4) is 0 Å². The molecule has 1 aromatic carbocycles. The highest BCUT2D eigenvalue weighted by Crippen LogP contribution is 2.21. The Morgan fingerprint density at radius 3 is 2.90 bits per heavy atom. The molecule has 1 aliphatic rings. The van der Waals surface area contributed by atoms with E-state index in [-0.39, 0.29) is 11.9 Å². The minimum absolute atomic E-state index is 0.0296. The van der Waals surface area contributed by atoms with Crippen LogP contribution in [0.4, 0.5) is 5.69 Å². The molecule has 0 saturated carbocycles. The van der Waals surface area contributed by atoms with Crippen LogP contribution in [0.25, 0.3) is 0 Å². The van der Waals surface area contributed by atoms with Crippen LogP contribution in [0.2, 0.25) is 0 Å². The summed E-state index contributed by atoms with van der Waals surface area (Å²) < 4.78 is 0. The van der Waals surface area contributed by atoms with E-state index in [1.54, 1.807) is 0 Å². The lowest BCUT2D eigenvalue weighted by atomic mass is 10.0. The molecule has 1 atom stereocenters. The molecule has 0 aromatic heterocycles. The van der Waals surface area contributed by atoms with Gasteiger partial charge < -0.3 is 15.2 Å². The third kappa shape index (κ3) is 3.11. The largest absolute Gasteiger partial charge is 0.337 e. The summed E-state index contributed by atoms with van der Waals surface area (Å²) in [7, 11) is 3.98. The summed E-state index contributed by atoms with van der Waals surface area (Å²) in [4.78, 5) is 16.8. The van der Waals surface area contributed by atoms with Crippen molar-refractivity contribution in [1.82, 2.24) is 9.80 Å². The summed E-state index contributed by atoms with van der Waals surface area (Å²) in [6, 6.07) is 5.96. The lowest BCUT2D eigenvalue weighted by Gasteiger charge is -2.36. The normalized spacial score (nSPS) is 19.7. The molecule has 1 heterocycles. The van der Waals surface area contributed by atoms with Crippen molar-refractivity contribution in [1.29, 1.82) is 0 Å². The molecule has 0 bridgehead atoms. The third-order valence-corrected chi connectivity index (χ3v) is 4.03. The Hall–Kier alpha value is -1.59. The van der Waals surface area contributed by atoms with Crippen molar-refractivity contribution in [2.75, 3.05) is 32.6 Å². The number of carbonyl (C=O) groups is 1. The SMILES string of the molecule is Cc1ccc(NN)c(C(=O)N(C)C2CCCN(C)C2)c1. The number of nitrogens with zero attached hydrogens (tertiary/aromatic N) is 2. The number of amides is 1. The maximum absolute atomic E-state index is 12.7. The molecule has 3 N–H and O–H groups in total. The minimum atomic E-state index is 0.0296. The molecule has 1 fully saturated rings. The second-order valence-corrected chi connectivity index (χ2v) is 5.67. The number of anilines is 1. The summed E-state index contributed by atoms with van der Waals surface area (Å²) in [6.07, 6.45) is 2.19. The molecule has 1 aromatic rings. The number of aryl methyl sites for hydroxylation is 1. The maximum atomic E-state index is 12.7. The first kappa shape index (κ1) is 14.8. The molecule has 0 spiro atoms. The summed E-state index contributed by atoms with van der Waals surface area (Å²) in [6.45, 7) is 4.02. The molecule has 1 amide bonds. The average Bonchev–Trinajstić information content (AvgIpc) is 2.45. The van der Waals surface area contributed by atoms with Gasteiger partial charge in [0.25, 0.3) is 5.91 Å². The zero-order chi connectivity index (χ0) is 14.7. The molecule has 1 unspecified atom stereocenters. The number of hydrogen-bond donors (Lipinski definition) is 2. The number of piperidine rings is 1. The van der Waals surface area contributed by atoms with E-state index >= 15 is 0 Å². The van der Waals surface area contributed by atoms with Crippen LogP contribution in [0.1, 0.15) is 28.8 Å². The van der Waals surface area contributed by atoms with E-state index in [1.807, 2.05) is 37.1 Å². The topological polar surface area (TPSA) is 61.6 Å². The van der Waals surface area contributed by atoms with Gasteiger partial charge in [0.05, 0.1) is 11.3 Å². The summed E-state index contributed by atoms with van der Waals surface area (Å²) in [5.74, 6) is 5.54. The van der Waals surface area contributed by atoms with Gasteiger partial charge in [0.15, 0.2) is 0 Å². The van der Waals surface area contributed by atoms with Crippen LogP contribution in [0.5, 0.6) is 0 Å². The van der Waals surface area contributed by atoms with Gasteiger partial charge in [0, 0.05) is 19.6 Å². The zero-order valence-electron chi connectivity index (χ0n) is 12.5. The minimum Gasteiger partial charge on any atom is -0.337 e. The molecule has 1 aliphatic heterocycles. The molecule has 2 rings (SSSR count). The van der Waals surface area contributed by atoms with Crippen molar-refractivity contribution >= 4 is 11.6 Å². The number of nitrogen functional groups attached to an aromatic ring is 1. The number of hydrogen-bond acceptors (Lipinski definition) is 4. The van der Waals surface area contributed by atoms with E-state index in [0.29, 0.717) is 11.3 Å². The molecule has 5 nitrogen and oxygen atoms in total. The van der Waals surface area contributed by atoms with E-state index < -0.39 is 0 Å². The second kappa shape index (κ2) is 6.24. The van der Waals surface area contributed by atoms with E-state index in [4.69, 9.17) is 5.84 Å². The lowest BCUT2D eigenvalue weighted by molar-refractivity contribution is 0.0645.